The molecule has 2 heterocycles. The third kappa shape index (κ3) is 9.01. The first-order valence-corrected chi connectivity index (χ1v) is 15.4. The molecule has 50 heavy (non-hydrogen) atoms. The summed E-state index contributed by atoms with van der Waals surface area (Å²) in [7, 11) is 0. The minimum absolute atomic E-state index is 0.0121. The van der Waals surface area contributed by atoms with Gasteiger partial charge >= 0.3 is 12.1 Å². The van der Waals surface area contributed by atoms with E-state index in [4.69, 9.17) is 14.3 Å². The van der Waals surface area contributed by atoms with Gasteiger partial charge in [0.2, 0.25) is 17.7 Å². The number of aromatic nitrogens is 3. The van der Waals surface area contributed by atoms with Gasteiger partial charge in [-0.1, -0.05) is 51.1 Å². The van der Waals surface area contributed by atoms with Crippen LogP contribution in [0.3, 0.4) is 0 Å². The van der Waals surface area contributed by atoms with Crippen LogP contribution in [0.25, 0.3) is 22.6 Å². The van der Waals surface area contributed by atoms with Crippen molar-refractivity contribution in [3.63, 3.8) is 0 Å². The normalized spacial score (nSPS) is 12.3. The van der Waals surface area contributed by atoms with Crippen LogP contribution in [-0.2, 0) is 16.4 Å². The minimum atomic E-state index is -4.66. The molecular formula is C36H33F4N5O5. The molecule has 10 nitrogen and oxygen atoms in total. The lowest BCUT2D eigenvalue weighted by Crippen LogP contribution is -2.26. The molecule has 5 rings (SSSR count). The van der Waals surface area contributed by atoms with Gasteiger partial charge in [-0.2, -0.15) is 13.2 Å². The standard InChI is InChI=1S/C36H33F4N5O5/c1-35(2,3)34-45-44-33(50-34)24-10-15-30(42-19-24)49-20-29(43-26-12-8-23(9-13-26)32(48)41-17-16-31(46)47)22-6-4-21(5-7-22)27-14-11-25(18-28(27)37)36(38,39)40/h4-15,18-19,29,43H,16-17,20H2,1-3H3,(H,41,48)(H,46,47)/t29-/m1/s1. The van der Waals surface area contributed by atoms with E-state index in [1.165, 1.54) is 0 Å². The number of carbonyl (C=O) groups is 2. The molecule has 0 aliphatic carbocycles. The number of alkyl halides is 3. The molecule has 1 atom stereocenters. The van der Waals surface area contributed by atoms with Gasteiger partial charge in [-0.25, -0.2) is 9.37 Å². The van der Waals surface area contributed by atoms with Gasteiger partial charge < -0.3 is 24.9 Å². The van der Waals surface area contributed by atoms with Crippen molar-refractivity contribution in [3.05, 3.63) is 113 Å². The highest BCUT2D eigenvalue weighted by Crippen LogP contribution is 2.34. The molecule has 260 valence electrons. The maximum Gasteiger partial charge on any atom is 0.416 e. The average molecular weight is 692 g/mol. The topological polar surface area (TPSA) is 139 Å². The summed E-state index contributed by atoms with van der Waals surface area (Å²) in [5, 5.41) is 22.9. The van der Waals surface area contributed by atoms with Crippen LogP contribution in [0.15, 0.2) is 89.5 Å². The number of benzene rings is 3. The van der Waals surface area contributed by atoms with Crippen molar-refractivity contribution < 1.29 is 41.4 Å². The maximum atomic E-state index is 14.7. The minimum Gasteiger partial charge on any atom is -0.481 e. The van der Waals surface area contributed by atoms with E-state index in [-0.39, 0.29) is 30.6 Å². The summed E-state index contributed by atoms with van der Waals surface area (Å²) in [4.78, 5) is 27.5. The fourth-order valence-corrected chi connectivity index (χ4v) is 4.75. The molecule has 3 N–H and O–H groups in total. The number of nitrogens with one attached hydrogen (secondary N) is 2. The highest BCUT2D eigenvalue weighted by atomic mass is 19.4. The number of carboxylic acid groups (broad SMARTS) is 1. The second-order valence-corrected chi connectivity index (χ2v) is 12.3. The molecule has 0 spiro atoms. The highest BCUT2D eigenvalue weighted by molar-refractivity contribution is 5.94. The Hall–Kier alpha value is -5.79. The van der Waals surface area contributed by atoms with Crippen molar-refractivity contribution in [1.82, 2.24) is 20.5 Å². The Bertz CT molecular complexity index is 1940. The number of aliphatic carboxylic acids is 1. The lowest BCUT2D eigenvalue weighted by atomic mass is 9.97. The van der Waals surface area contributed by atoms with Gasteiger partial charge in [0.25, 0.3) is 5.91 Å². The zero-order valence-corrected chi connectivity index (χ0v) is 27.2. The predicted molar refractivity (Wildman–Crippen MR) is 176 cm³/mol. The number of ether oxygens (including phenoxy) is 1. The molecule has 0 saturated heterocycles. The second kappa shape index (κ2) is 14.8. The smallest absolute Gasteiger partial charge is 0.416 e. The zero-order chi connectivity index (χ0) is 36.1. The molecule has 0 saturated carbocycles. The van der Waals surface area contributed by atoms with E-state index in [1.807, 2.05) is 20.8 Å². The SMILES string of the molecule is CC(C)(C)c1nnc(-c2ccc(OC[C@@H](Nc3ccc(C(=O)NCCC(=O)O)cc3)c3ccc(-c4ccc(C(F)(F)F)cc4F)cc3)nc2)o1. The molecule has 0 radical (unpaired) electrons. The molecule has 0 aliphatic heterocycles. The van der Waals surface area contributed by atoms with Gasteiger partial charge in [-0.05, 0) is 53.6 Å². The third-order valence-electron chi connectivity index (χ3n) is 7.48. The molecule has 1 amide bonds. The van der Waals surface area contributed by atoms with Gasteiger partial charge in [0.1, 0.15) is 12.4 Å². The summed E-state index contributed by atoms with van der Waals surface area (Å²) in [5.74, 6) is -1.34. The summed E-state index contributed by atoms with van der Waals surface area (Å²) in [5.41, 5.74) is 1.26. The maximum absolute atomic E-state index is 14.7. The van der Waals surface area contributed by atoms with Crippen LogP contribution in [0.1, 0.15) is 60.6 Å². The summed E-state index contributed by atoms with van der Waals surface area (Å²) in [6, 6.07) is 18.4. The Labute approximate surface area is 284 Å². The number of anilines is 1. The van der Waals surface area contributed by atoms with Gasteiger partial charge in [0.05, 0.1) is 23.6 Å². The Morgan fingerprint density at radius 2 is 1.62 bits per heavy atom. The van der Waals surface area contributed by atoms with Crippen molar-refractivity contribution in [1.29, 1.82) is 0 Å². The number of hydrogen-bond donors (Lipinski definition) is 3. The molecule has 0 fully saturated rings. The molecule has 0 bridgehead atoms. The number of amides is 1. The number of rotatable bonds is 12. The quantitative estimate of drug-likeness (QED) is 0.112. The van der Waals surface area contributed by atoms with E-state index >= 15 is 0 Å². The Kier molecular flexibility index (Phi) is 10.5. The van der Waals surface area contributed by atoms with E-state index in [0.717, 1.165) is 12.1 Å². The average Bonchev–Trinajstić information content (AvgIpc) is 3.58. The number of hydrogen-bond acceptors (Lipinski definition) is 8. The van der Waals surface area contributed by atoms with Crippen LogP contribution in [-0.4, -0.2) is 45.3 Å². The van der Waals surface area contributed by atoms with Gasteiger partial charge in [-0.3, -0.25) is 9.59 Å². The molecule has 0 unspecified atom stereocenters. The predicted octanol–water partition coefficient (Wildman–Crippen LogP) is 7.69. The first kappa shape index (κ1) is 35.5. The zero-order valence-electron chi connectivity index (χ0n) is 27.2. The third-order valence-corrected chi connectivity index (χ3v) is 7.48. The Morgan fingerprint density at radius 3 is 2.20 bits per heavy atom. The van der Waals surface area contributed by atoms with Crippen molar-refractivity contribution in [2.24, 2.45) is 0 Å². The van der Waals surface area contributed by atoms with Crippen molar-refractivity contribution in [3.8, 4) is 28.5 Å². The van der Waals surface area contributed by atoms with Gasteiger partial charge in [0.15, 0.2) is 0 Å². The number of carbonyl (C=O) groups excluding carboxylic acids is 1. The monoisotopic (exact) mass is 691 g/mol. The molecule has 3 aromatic carbocycles. The van der Waals surface area contributed by atoms with Crippen LogP contribution in [0.5, 0.6) is 5.88 Å². The Balaban J connectivity index is 1.34. The molecule has 14 heteroatoms. The summed E-state index contributed by atoms with van der Waals surface area (Å²) >= 11 is 0. The van der Waals surface area contributed by atoms with E-state index in [1.54, 1.807) is 66.9 Å². The van der Waals surface area contributed by atoms with E-state index in [2.05, 4.69) is 25.8 Å². The second-order valence-electron chi connectivity index (χ2n) is 12.3. The number of nitrogens with zero attached hydrogens (tertiary/aromatic N) is 3. The van der Waals surface area contributed by atoms with E-state index < -0.39 is 35.5 Å². The molecular weight excluding hydrogens is 658 g/mol. The Morgan fingerprint density at radius 1 is 0.920 bits per heavy atom. The molecule has 0 aliphatic rings. The fourth-order valence-electron chi connectivity index (χ4n) is 4.75. The van der Waals surface area contributed by atoms with E-state index in [0.29, 0.717) is 51.7 Å². The first-order valence-electron chi connectivity index (χ1n) is 15.4. The van der Waals surface area contributed by atoms with Crippen LogP contribution < -0.4 is 15.4 Å². The van der Waals surface area contributed by atoms with Crippen LogP contribution in [0.2, 0.25) is 0 Å². The van der Waals surface area contributed by atoms with E-state index in [9.17, 15) is 27.2 Å². The van der Waals surface area contributed by atoms with Crippen LogP contribution in [0.4, 0.5) is 23.2 Å². The first-order chi connectivity index (χ1) is 23.7. The number of halogens is 4. The lowest BCUT2D eigenvalue weighted by Gasteiger charge is -2.21. The van der Waals surface area contributed by atoms with Crippen LogP contribution >= 0.6 is 0 Å². The molecule has 5 aromatic rings. The van der Waals surface area contributed by atoms with Crippen molar-refractivity contribution in [2.75, 3.05) is 18.5 Å². The summed E-state index contributed by atoms with van der Waals surface area (Å²) in [6.07, 6.45) is -3.32. The van der Waals surface area contributed by atoms with Crippen molar-refractivity contribution in [2.45, 2.75) is 44.8 Å². The summed E-state index contributed by atoms with van der Waals surface area (Å²) in [6.45, 7) is 5.93. The largest absolute Gasteiger partial charge is 0.481 e. The van der Waals surface area contributed by atoms with Crippen molar-refractivity contribution >= 4 is 17.6 Å². The lowest BCUT2D eigenvalue weighted by molar-refractivity contribution is -0.138. The fraction of sp³-hybridized carbons (Fsp3) is 0.250. The highest BCUT2D eigenvalue weighted by Gasteiger charge is 2.31. The van der Waals surface area contributed by atoms with Gasteiger partial charge in [-0.15, -0.1) is 10.2 Å². The summed E-state index contributed by atoms with van der Waals surface area (Å²) < 4.78 is 65.7. The molecule has 2 aromatic heterocycles. The van der Waals surface area contributed by atoms with Crippen LogP contribution in [0, 0.1) is 5.82 Å². The van der Waals surface area contributed by atoms with Gasteiger partial charge in [0, 0.05) is 41.0 Å². The number of carboxylic acids is 1. The number of pyridine rings is 1.